The first-order chi connectivity index (χ1) is 16.4. The number of thioether (sulfide) groups is 1. The number of aromatic nitrogens is 2. The lowest BCUT2D eigenvalue weighted by Crippen LogP contribution is -2.24. The SMILES string of the molecule is COc1cc(OC)c(NC(=O)CSc2nc3ccsc3c(=O)n2Cc2ccccc2Cl)cc1Cl. The zero-order valence-electron chi connectivity index (χ0n) is 18.1. The van der Waals surface area contributed by atoms with E-state index < -0.39 is 0 Å². The van der Waals surface area contributed by atoms with E-state index in [4.69, 9.17) is 32.7 Å². The number of hydrogen-bond acceptors (Lipinski definition) is 7. The summed E-state index contributed by atoms with van der Waals surface area (Å²) >= 11 is 15.0. The van der Waals surface area contributed by atoms with E-state index in [1.54, 1.807) is 28.8 Å². The number of halogens is 2. The van der Waals surface area contributed by atoms with Crippen molar-refractivity contribution >= 4 is 68.1 Å². The van der Waals surface area contributed by atoms with Gasteiger partial charge in [-0.05, 0) is 29.1 Å². The molecule has 0 spiro atoms. The topological polar surface area (TPSA) is 82.5 Å². The Hall–Kier alpha value is -2.72. The summed E-state index contributed by atoms with van der Waals surface area (Å²) < 4.78 is 12.6. The number of ether oxygens (including phenoxy) is 2. The van der Waals surface area contributed by atoms with E-state index in [1.165, 1.54) is 25.6 Å². The third-order valence-electron chi connectivity index (χ3n) is 4.90. The van der Waals surface area contributed by atoms with Gasteiger partial charge in [0.25, 0.3) is 5.56 Å². The second-order valence-electron chi connectivity index (χ2n) is 7.04. The van der Waals surface area contributed by atoms with Crippen molar-refractivity contribution in [1.29, 1.82) is 0 Å². The molecule has 7 nitrogen and oxygen atoms in total. The summed E-state index contributed by atoms with van der Waals surface area (Å²) in [7, 11) is 2.98. The first-order valence-corrected chi connectivity index (χ1v) is 12.6. The number of carbonyl (C=O) groups excluding carboxylic acids is 1. The summed E-state index contributed by atoms with van der Waals surface area (Å²) in [6.07, 6.45) is 0. The maximum absolute atomic E-state index is 13.2. The number of nitrogens with zero attached hydrogens (tertiary/aromatic N) is 2. The van der Waals surface area contributed by atoms with Crippen molar-refractivity contribution in [2.75, 3.05) is 25.3 Å². The van der Waals surface area contributed by atoms with Crippen LogP contribution in [0.25, 0.3) is 10.2 Å². The van der Waals surface area contributed by atoms with Gasteiger partial charge in [-0.25, -0.2) is 4.98 Å². The normalized spacial score (nSPS) is 10.9. The fourth-order valence-corrected chi connectivity index (χ4v) is 5.26. The average Bonchev–Trinajstić information content (AvgIpc) is 3.30. The zero-order chi connectivity index (χ0) is 24.2. The summed E-state index contributed by atoms with van der Waals surface area (Å²) in [6, 6.07) is 12.3. The van der Waals surface area contributed by atoms with E-state index in [-0.39, 0.29) is 23.8 Å². The molecular weight excluding hydrogens is 517 g/mol. The zero-order valence-corrected chi connectivity index (χ0v) is 21.3. The highest BCUT2D eigenvalue weighted by molar-refractivity contribution is 7.99. The fourth-order valence-electron chi connectivity index (χ4n) is 3.24. The van der Waals surface area contributed by atoms with Crippen LogP contribution in [0.3, 0.4) is 0 Å². The molecule has 0 unspecified atom stereocenters. The second-order valence-corrected chi connectivity index (χ2v) is 9.71. The molecule has 0 fully saturated rings. The van der Waals surface area contributed by atoms with Crippen LogP contribution in [-0.4, -0.2) is 35.4 Å². The Labute approximate surface area is 213 Å². The quantitative estimate of drug-likeness (QED) is 0.235. The minimum absolute atomic E-state index is 0.0113. The van der Waals surface area contributed by atoms with Crippen LogP contribution < -0.4 is 20.3 Å². The molecule has 0 aliphatic heterocycles. The first kappa shape index (κ1) is 24.4. The van der Waals surface area contributed by atoms with Crippen LogP contribution in [0.4, 0.5) is 5.69 Å². The molecule has 0 aliphatic carbocycles. The van der Waals surface area contributed by atoms with Crippen molar-refractivity contribution in [2.45, 2.75) is 11.7 Å². The standard InChI is InChI=1S/C23H19Cl2N3O4S2/c1-31-18-10-19(32-2)17(9-15(18)25)26-20(29)12-34-23-27-16-7-8-33-21(16)22(30)28(23)11-13-5-3-4-6-14(13)24/h3-10H,11-12H2,1-2H3,(H,26,29). The molecule has 1 amide bonds. The van der Waals surface area contributed by atoms with E-state index in [0.29, 0.717) is 42.6 Å². The number of amides is 1. The van der Waals surface area contributed by atoms with Crippen LogP contribution in [0.1, 0.15) is 5.56 Å². The average molecular weight is 536 g/mol. The molecule has 2 aromatic heterocycles. The van der Waals surface area contributed by atoms with Gasteiger partial charge in [-0.1, -0.05) is 53.2 Å². The van der Waals surface area contributed by atoms with Crippen LogP contribution in [0.15, 0.2) is 57.8 Å². The summed E-state index contributed by atoms with van der Waals surface area (Å²) in [5.74, 6) is 0.543. The van der Waals surface area contributed by atoms with Crippen LogP contribution in [0, 0.1) is 0 Å². The Balaban J connectivity index is 1.59. The maximum Gasteiger partial charge on any atom is 0.272 e. The van der Waals surface area contributed by atoms with Crippen LogP contribution in [0.5, 0.6) is 11.5 Å². The molecule has 4 aromatic rings. The Kier molecular flexibility index (Phi) is 7.67. The van der Waals surface area contributed by atoms with E-state index >= 15 is 0 Å². The predicted molar refractivity (Wildman–Crippen MR) is 138 cm³/mol. The number of hydrogen-bond donors (Lipinski definition) is 1. The molecule has 4 rings (SSSR count). The molecule has 0 atom stereocenters. The molecule has 34 heavy (non-hydrogen) atoms. The van der Waals surface area contributed by atoms with Crippen LogP contribution in [-0.2, 0) is 11.3 Å². The van der Waals surface area contributed by atoms with Gasteiger partial charge in [-0.15, -0.1) is 11.3 Å². The lowest BCUT2D eigenvalue weighted by Gasteiger charge is -2.14. The second kappa shape index (κ2) is 10.7. The number of fused-ring (bicyclic) bond motifs is 1. The summed E-state index contributed by atoms with van der Waals surface area (Å²) in [4.78, 5) is 30.5. The first-order valence-electron chi connectivity index (χ1n) is 9.97. The molecule has 176 valence electrons. The fraction of sp³-hybridized carbons (Fsp3) is 0.174. The third kappa shape index (κ3) is 5.17. The third-order valence-corrected chi connectivity index (χ3v) is 7.43. The van der Waals surface area contributed by atoms with Crippen molar-refractivity contribution in [3.8, 4) is 11.5 Å². The Bertz CT molecular complexity index is 1420. The van der Waals surface area contributed by atoms with Gasteiger partial charge in [0.05, 0.1) is 42.7 Å². The smallest absolute Gasteiger partial charge is 0.272 e. The maximum atomic E-state index is 13.2. The molecule has 0 bridgehead atoms. The molecule has 0 aliphatic rings. The lowest BCUT2D eigenvalue weighted by molar-refractivity contribution is -0.113. The molecule has 0 saturated carbocycles. The number of benzene rings is 2. The summed E-state index contributed by atoms with van der Waals surface area (Å²) in [6.45, 7) is 0.241. The van der Waals surface area contributed by atoms with Crippen molar-refractivity contribution in [2.24, 2.45) is 0 Å². The molecular formula is C23H19Cl2N3O4S2. The highest BCUT2D eigenvalue weighted by atomic mass is 35.5. The highest BCUT2D eigenvalue weighted by Crippen LogP contribution is 2.36. The molecule has 2 heterocycles. The highest BCUT2D eigenvalue weighted by Gasteiger charge is 2.17. The molecule has 2 aromatic carbocycles. The molecule has 0 saturated heterocycles. The molecule has 0 radical (unpaired) electrons. The Morgan fingerprint density at radius 2 is 1.88 bits per heavy atom. The van der Waals surface area contributed by atoms with Gasteiger partial charge in [-0.3, -0.25) is 14.2 Å². The van der Waals surface area contributed by atoms with Gasteiger partial charge in [0.1, 0.15) is 16.2 Å². The van der Waals surface area contributed by atoms with Gasteiger partial charge < -0.3 is 14.8 Å². The summed E-state index contributed by atoms with van der Waals surface area (Å²) in [5.41, 5.74) is 1.62. The van der Waals surface area contributed by atoms with E-state index in [0.717, 1.165) is 17.3 Å². The number of nitrogens with one attached hydrogen (secondary N) is 1. The van der Waals surface area contributed by atoms with Gasteiger partial charge in [0.15, 0.2) is 5.16 Å². The molecule has 1 N–H and O–H groups in total. The lowest BCUT2D eigenvalue weighted by atomic mass is 10.2. The number of carbonyl (C=O) groups is 1. The van der Waals surface area contributed by atoms with Crippen molar-refractivity contribution in [1.82, 2.24) is 9.55 Å². The van der Waals surface area contributed by atoms with Gasteiger partial charge in [0, 0.05) is 11.1 Å². The number of thiophene rings is 1. The Morgan fingerprint density at radius 3 is 2.62 bits per heavy atom. The van der Waals surface area contributed by atoms with Crippen LogP contribution in [0.2, 0.25) is 10.0 Å². The van der Waals surface area contributed by atoms with Gasteiger partial charge >= 0.3 is 0 Å². The number of anilines is 1. The van der Waals surface area contributed by atoms with Gasteiger partial charge in [-0.2, -0.15) is 0 Å². The number of rotatable bonds is 8. The predicted octanol–water partition coefficient (Wildman–Crippen LogP) is 5.56. The molecule has 11 heteroatoms. The van der Waals surface area contributed by atoms with Crippen molar-refractivity contribution < 1.29 is 14.3 Å². The summed E-state index contributed by atoms with van der Waals surface area (Å²) in [5, 5.41) is 5.92. The van der Waals surface area contributed by atoms with E-state index in [1.807, 2.05) is 23.6 Å². The largest absolute Gasteiger partial charge is 0.495 e. The van der Waals surface area contributed by atoms with Crippen molar-refractivity contribution in [3.63, 3.8) is 0 Å². The van der Waals surface area contributed by atoms with Crippen LogP contribution >= 0.6 is 46.3 Å². The van der Waals surface area contributed by atoms with E-state index in [2.05, 4.69) is 10.3 Å². The Morgan fingerprint density at radius 1 is 1.12 bits per heavy atom. The minimum Gasteiger partial charge on any atom is -0.495 e. The van der Waals surface area contributed by atoms with E-state index in [9.17, 15) is 9.59 Å². The van der Waals surface area contributed by atoms with Gasteiger partial charge in [0.2, 0.25) is 5.91 Å². The minimum atomic E-state index is -0.312. The number of methoxy groups -OCH3 is 2. The van der Waals surface area contributed by atoms with Crippen molar-refractivity contribution in [3.05, 3.63) is 73.8 Å². The monoisotopic (exact) mass is 535 g/mol.